The first-order valence-corrected chi connectivity index (χ1v) is 8.98. The van der Waals surface area contributed by atoms with Crippen molar-refractivity contribution in [2.45, 2.75) is 37.8 Å². The molecule has 0 spiro atoms. The monoisotopic (exact) mass is 353 g/mol. The summed E-state index contributed by atoms with van der Waals surface area (Å²) in [5.41, 5.74) is 2.89. The molecule has 1 aromatic carbocycles. The van der Waals surface area contributed by atoms with Gasteiger partial charge in [0.15, 0.2) is 0 Å². The normalized spacial score (nSPS) is 20.7. The van der Waals surface area contributed by atoms with Crippen LogP contribution >= 0.6 is 0 Å². The SMILES string of the molecule is Cn1cc(C(NC(=O)CCc2nc3ccccc3[nH]2)C2CC(O)C2)cn1. The second kappa shape index (κ2) is 6.92. The van der Waals surface area contributed by atoms with E-state index in [9.17, 15) is 9.90 Å². The highest BCUT2D eigenvalue weighted by Crippen LogP contribution is 2.38. The molecule has 4 rings (SSSR count). The van der Waals surface area contributed by atoms with Gasteiger partial charge < -0.3 is 15.4 Å². The zero-order valence-electron chi connectivity index (χ0n) is 14.7. The number of aromatic amines is 1. The molecule has 1 fully saturated rings. The minimum Gasteiger partial charge on any atom is -0.393 e. The number of hydrogen-bond donors (Lipinski definition) is 3. The second-order valence-corrected chi connectivity index (χ2v) is 7.08. The molecule has 2 aromatic heterocycles. The Hall–Kier alpha value is -2.67. The molecular weight excluding hydrogens is 330 g/mol. The van der Waals surface area contributed by atoms with Crippen molar-refractivity contribution in [2.24, 2.45) is 13.0 Å². The Kier molecular flexibility index (Phi) is 4.46. The maximum Gasteiger partial charge on any atom is 0.220 e. The third kappa shape index (κ3) is 3.48. The number of nitrogens with one attached hydrogen (secondary N) is 2. The second-order valence-electron chi connectivity index (χ2n) is 7.08. The fraction of sp³-hybridized carbons (Fsp3) is 0.421. The van der Waals surface area contributed by atoms with E-state index in [-0.39, 0.29) is 24.0 Å². The number of nitrogens with zero attached hydrogens (tertiary/aromatic N) is 3. The first-order valence-electron chi connectivity index (χ1n) is 8.98. The Morgan fingerprint density at radius 2 is 2.23 bits per heavy atom. The summed E-state index contributed by atoms with van der Waals surface area (Å²) in [6.07, 6.45) is 5.81. The zero-order chi connectivity index (χ0) is 18.1. The van der Waals surface area contributed by atoms with Gasteiger partial charge in [0, 0.05) is 31.6 Å². The van der Waals surface area contributed by atoms with E-state index in [0.29, 0.717) is 25.7 Å². The molecule has 1 atom stereocenters. The van der Waals surface area contributed by atoms with Gasteiger partial charge in [-0.2, -0.15) is 5.10 Å². The number of imidazole rings is 1. The van der Waals surface area contributed by atoms with Crippen LogP contribution in [-0.4, -0.2) is 36.9 Å². The predicted molar refractivity (Wildman–Crippen MR) is 97.2 cm³/mol. The predicted octanol–water partition coefficient (Wildman–Crippen LogP) is 1.86. The van der Waals surface area contributed by atoms with E-state index in [1.807, 2.05) is 37.5 Å². The average molecular weight is 353 g/mol. The summed E-state index contributed by atoms with van der Waals surface area (Å²) in [7, 11) is 1.86. The van der Waals surface area contributed by atoms with Crippen molar-refractivity contribution >= 4 is 16.9 Å². The lowest BCUT2D eigenvalue weighted by Crippen LogP contribution is -2.41. The molecule has 1 amide bonds. The van der Waals surface area contributed by atoms with Crippen molar-refractivity contribution in [3.8, 4) is 0 Å². The number of carbonyl (C=O) groups is 1. The first-order chi connectivity index (χ1) is 12.6. The topological polar surface area (TPSA) is 95.8 Å². The van der Waals surface area contributed by atoms with Gasteiger partial charge in [0.1, 0.15) is 5.82 Å². The molecule has 1 aliphatic carbocycles. The maximum atomic E-state index is 12.5. The number of para-hydroxylation sites is 2. The summed E-state index contributed by atoms with van der Waals surface area (Å²) in [6, 6.07) is 7.74. The van der Waals surface area contributed by atoms with Crippen molar-refractivity contribution in [3.05, 3.63) is 48.0 Å². The number of rotatable bonds is 6. The molecule has 1 unspecified atom stereocenters. The van der Waals surface area contributed by atoms with Crippen LogP contribution in [0.5, 0.6) is 0 Å². The van der Waals surface area contributed by atoms with Crippen molar-refractivity contribution < 1.29 is 9.90 Å². The van der Waals surface area contributed by atoms with Gasteiger partial charge in [-0.1, -0.05) is 12.1 Å². The van der Waals surface area contributed by atoms with E-state index in [0.717, 1.165) is 22.4 Å². The van der Waals surface area contributed by atoms with Gasteiger partial charge in [-0.3, -0.25) is 9.48 Å². The number of aromatic nitrogens is 4. The van der Waals surface area contributed by atoms with Gasteiger partial charge in [0.05, 0.1) is 29.4 Å². The molecule has 7 nitrogen and oxygen atoms in total. The number of carbonyl (C=O) groups excluding carboxylic acids is 1. The van der Waals surface area contributed by atoms with Crippen LogP contribution in [-0.2, 0) is 18.3 Å². The van der Waals surface area contributed by atoms with Crippen LogP contribution < -0.4 is 5.32 Å². The molecule has 136 valence electrons. The van der Waals surface area contributed by atoms with Crippen molar-refractivity contribution in [1.29, 1.82) is 0 Å². The summed E-state index contributed by atoms with van der Waals surface area (Å²) in [5.74, 6) is 1.06. The highest BCUT2D eigenvalue weighted by molar-refractivity contribution is 5.77. The minimum absolute atomic E-state index is 0.0132. The third-order valence-electron chi connectivity index (χ3n) is 5.05. The fourth-order valence-corrected chi connectivity index (χ4v) is 3.58. The van der Waals surface area contributed by atoms with Crippen molar-refractivity contribution in [1.82, 2.24) is 25.1 Å². The lowest BCUT2D eigenvalue weighted by Gasteiger charge is -2.37. The molecule has 0 saturated heterocycles. The number of aliphatic hydroxyl groups is 1. The molecule has 3 aromatic rings. The largest absolute Gasteiger partial charge is 0.393 e. The molecule has 1 aliphatic rings. The molecule has 0 bridgehead atoms. The Morgan fingerprint density at radius 3 is 2.92 bits per heavy atom. The molecule has 1 saturated carbocycles. The smallest absolute Gasteiger partial charge is 0.220 e. The maximum absolute atomic E-state index is 12.5. The van der Waals surface area contributed by atoms with Crippen LogP contribution in [0.15, 0.2) is 36.7 Å². The van der Waals surface area contributed by atoms with E-state index < -0.39 is 0 Å². The number of hydrogen-bond acceptors (Lipinski definition) is 4. The van der Waals surface area contributed by atoms with Crippen molar-refractivity contribution in [3.63, 3.8) is 0 Å². The van der Waals surface area contributed by atoms with Gasteiger partial charge >= 0.3 is 0 Å². The molecule has 26 heavy (non-hydrogen) atoms. The molecule has 0 radical (unpaired) electrons. The highest BCUT2D eigenvalue weighted by atomic mass is 16.3. The summed E-state index contributed by atoms with van der Waals surface area (Å²) in [5, 5.41) is 17.0. The quantitative estimate of drug-likeness (QED) is 0.630. The van der Waals surface area contributed by atoms with Gasteiger partial charge in [-0.05, 0) is 30.9 Å². The van der Waals surface area contributed by atoms with E-state index in [1.54, 1.807) is 10.9 Å². The Morgan fingerprint density at radius 1 is 1.42 bits per heavy atom. The Labute approximate surface area is 151 Å². The number of fused-ring (bicyclic) bond motifs is 1. The summed E-state index contributed by atoms with van der Waals surface area (Å²) < 4.78 is 1.73. The van der Waals surface area contributed by atoms with Gasteiger partial charge in [0.25, 0.3) is 0 Å². The highest BCUT2D eigenvalue weighted by Gasteiger charge is 2.36. The number of amides is 1. The molecule has 7 heteroatoms. The Bertz CT molecular complexity index is 876. The molecule has 0 aliphatic heterocycles. The van der Waals surface area contributed by atoms with Crippen molar-refractivity contribution in [2.75, 3.05) is 0 Å². The van der Waals surface area contributed by atoms with Crippen LogP contribution in [0.2, 0.25) is 0 Å². The minimum atomic E-state index is -0.258. The van der Waals surface area contributed by atoms with Gasteiger partial charge in [-0.25, -0.2) is 4.98 Å². The first kappa shape index (κ1) is 16.8. The number of aryl methyl sites for hydroxylation is 2. The summed E-state index contributed by atoms with van der Waals surface area (Å²) in [4.78, 5) is 20.3. The van der Waals surface area contributed by atoms with Crippen LogP contribution in [0.3, 0.4) is 0 Å². The molecule has 2 heterocycles. The van der Waals surface area contributed by atoms with Crippen LogP contribution in [0, 0.1) is 5.92 Å². The van der Waals surface area contributed by atoms with Gasteiger partial charge in [0.2, 0.25) is 5.91 Å². The van der Waals surface area contributed by atoms with E-state index in [2.05, 4.69) is 20.4 Å². The van der Waals surface area contributed by atoms with E-state index in [1.165, 1.54) is 0 Å². The van der Waals surface area contributed by atoms with E-state index >= 15 is 0 Å². The van der Waals surface area contributed by atoms with Gasteiger partial charge in [-0.15, -0.1) is 0 Å². The fourth-order valence-electron chi connectivity index (χ4n) is 3.58. The number of H-pyrrole nitrogens is 1. The summed E-state index contributed by atoms with van der Waals surface area (Å²) in [6.45, 7) is 0. The zero-order valence-corrected chi connectivity index (χ0v) is 14.7. The molecular formula is C19H23N5O2. The number of aliphatic hydroxyl groups excluding tert-OH is 1. The van der Waals surface area contributed by atoms with Crippen LogP contribution in [0.25, 0.3) is 11.0 Å². The third-order valence-corrected chi connectivity index (χ3v) is 5.05. The standard InChI is InChI=1S/C19H23N5O2/c1-24-11-13(10-20-24)19(12-8-14(25)9-12)23-18(26)7-6-17-21-15-4-2-3-5-16(15)22-17/h2-5,10-12,14,19,25H,6-9H2,1H3,(H,21,22)(H,23,26). The van der Waals surface area contributed by atoms with E-state index in [4.69, 9.17) is 0 Å². The lowest BCUT2D eigenvalue weighted by molar-refractivity contribution is -0.123. The number of benzene rings is 1. The molecule has 3 N–H and O–H groups in total. The van der Waals surface area contributed by atoms with Crippen LogP contribution in [0.1, 0.15) is 36.7 Å². The Balaban J connectivity index is 1.39. The average Bonchev–Trinajstić information content (AvgIpc) is 3.21. The summed E-state index contributed by atoms with van der Waals surface area (Å²) >= 11 is 0. The van der Waals surface area contributed by atoms with Crippen LogP contribution in [0.4, 0.5) is 0 Å². The lowest BCUT2D eigenvalue weighted by atomic mass is 9.75.